The van der Waals surface area contributed by atoms with Crippen LogP contribution in [0.3, 0.4) is 0 Å². The molecule has 0 spiro atoms. The zero-order chi connectivity index (χ0) is 10.6. The first kappa shape index (κ1) is 10.7. The van der Waals surface area contributed by atoms with Gasteiger partial charge in [0.15, 0.2) is 0 Å². The molecule has 0 saturated heterocycles. The topological polar surface area (TPSA) is 42.0 Å². The highest BCUT2D eigenvalue weighted by Gasteiger charge is 2.14. The van der Waals surface area contributed by atoms with Crippen molar-refractivity contribution in [2.75, 3.05) is 7.05 Å². The molecule has 1 amide bonds. The lowest BCUT2D eigenvalue weighted by Gasteiger charge is -2.09. The Bertz CT molecular complexity index is 306. The van der Waals surface area contributed by atoms with Gasteiger partial charge in [-0.05, 0) is 25.0 Å². The number of aryl methyl sites for hydroxylation is 1. The van der Waals surface area contributed by atoms with Gasteiger partial charge in [-0.3, -0.25) is 9.78 Å². The van der Waals surface area contributed by atoms with Crippen molar-refractivity contribution >= 4 is 5.91 Å². The second-order valence-corrected chi connectivity index (χ2v) is 3.28. The summed E-state index contributed by atoms with van der Waals surface area (Å²) < 4.78 is 0. The zero-order valence-electron chi connectivity index (χ0n) is 8.87. The van der Waals surface area contributed by atoms with Crippen molar-refractivity contribution in [2.24, 2.45) is 0 Å². The monoisotopic (exact) mass is 192 g/mol. The fourth-order valence-electron chi connectivity index (χ4n) is 1.25. The van der Waals surface area contributed by atoms with E-state index in [1.54, 1.807) is 7.05 Å². The maximum absolute atomic E-state index is 11.3. The molecular weight excluding hydrogens is 176 g/mol. The summed E-state index contributed by atoms with van der Waals surface area (Å²) in [6.45, 7) is 3.94. The Morgan fingerprint density at radius 3 is 2.71 bits per heavy atom. The predicted molar refractivity (Wildman–Crippen MR) is 56.1 cm³/mol. The zero-order valence-corrected chi connectivity index (χ0v) is 8.87. The number of hydrogen-bond donors (Lipinski definition) is 1. The van der Waals surface area contributed by atoms with Gasteiger partial charge in [-0.15, -0.1) is 0 Å². The van der Waals surface area contributed by atoms with Gasteiger partial charge in [0.2, 0.25) is 5.91 Å². The molecule has 0 fully saturated rings. The van der Waals surface area contributed by atoms with Crippen LogP contribution in [0.2, 0.25) is 0 Å². The van der Waals surface area contributed by atoms with Crippen molar-refractivity contribution in [3.05, 3.63) is 29.6 Å². The van der Waals surface area contributed by atoms with Crippen LogP contribution in [0.4, 0.5) is 0 Å². The Kier molecular flexibility index (Phi) is 3.63. The highest BCUT2D eigenvalue weighted by atomic mass is 16.1. The van der Waals surface area contributed by atoms with Crippen molar-refractivity contribution in [1.29, 1.82) is 0 Å². The largest absolute Gasteiger partial charge is 0.359 e. The van der Waals surface area contributed by atoms with Gasteiger partial charge in [0.25, 0.3) is 0 Å². The van der Waals surface area contributed by atoms with E-state index in [1.807, 2.05) is 25.3 Å². The molecule has 0 aliphatic carbocycles. The van der Waals surface area contributed by atoms with Crippen molar-refractivity contribution in [3.8, 4) is 0 Å². The normalized spacial score (nSPS) is 12.2. The van der Waals surface area contributed by atoms with E-state index in [0.29, 0.717) is 0 Å². The van der Waals surface area contributed by atoms with Crippen molar-refractivity contribution in [1.82, 2.24) is 10.3 Å². The van der Waals surface area contributed by atoms with Gasteiger partial charge in [0.1, 0.15) is 0 Å². The molecule has 0 aromatic carbocycles. The molecule has 0 aliphatic rings. The standard InChI is InChI=1S/C11H16N2O/c1-4-9-5-6-10(13-7-9)8(2)11(14)12-3/h5-8H,4H2,1-3H3,(H,12,14). The molecule has 3 nitrogen and oxygen atoms in total. The Balaban J connectivity index is 2.81. The highest BCUT2D eigenvalue weighted by Crippen LogP contribution is 2.12. The number of carbonyl (C=O) groups is 1. The first-order valence-corrected chi connectivity index (χ1v) is 4.85. The summed E-state index contributed by atoms with van der Waals surface area (Å²) in [5.41, 5.74) is 2.01. The van der Waals surface area contributed by atoms with Crippen LogP contribution in [0.5, 0.6) is 0 Å². The van der Waals surface area contributed by atoms with Crippen LogP contribution in [0, 0.1) is 0 Å². The minimum atomic E-state index is -0.175. The van der Waals surface area contributed by atoms with Crippen LogP contribution >= 0.6 is 0 Å². The fourth-order valence-corrected chi connectivity index (χ4v) is 1.25. The number of nitrogens with one attached hydrogen (secondary N) is 1. The van der Waals surface area contributed by atoms with E-state index in [0.717, 1.165) is 12.1 Å². The van der Waals surface area contributed by atoms with Crippen LogP contribution in [-0.4, -0.2) is 17.9 Å². The number of pyridine rings is 1. The van der Waals surface area contributed by atoms with E-state index < -0.39 is 0 Å². The molecule has 3 heteroatoms. The SMILES string of the molecule is CCc1ccc(C(C)C(=O)NC)nc1. The predicted octanol–water partition coefficient (Wildman–Crippen LogP) is 1.49. The molecule has 1 N–H and O–H groups in total. The number of rotatable bonds is 3. The minimum Gasteiger partial charge on any atom is -0.359 e. The number of likely N-dealkylation sites (N-methyl/N-ethyl adjacent to an activating group) is 1. The molecular formula is C11H16N2O. The Labute approximate surface area is 84.6 Å². The van der Waals surface area contributed by atoms with Crippen molar-refractivity contribution < 1.29 is 4.79 Å². The summed E-state index contributed by atoms with van der Waals surface area (Å²) in [5, 5.41) is 2.61. The van der Waals surface area contributed by atoms with Gasteiger partial charge >= 0.3 is 0 Å². The van der Waals surface area contributed by atoms with E-state index >= 15 is 0 Å². The lowest BCUT2D eigenvalue weighted by molar-refractivity contribution is -0.121. The van der Waals surface area contributed by atoms with Crippen LogP contribution in [0.15, 0.2) is 18.3 Å². The van der Waals surface area contributed by atoms with Crippen LogP contribution in [-0.2, 0) is 11.2 Å². The number of amides is 1. The molecule has 1 rings (SSSR count). The smallest absolute Gasteiger partial charge is 0.228 e. The maximum Gasteiger partial charge on any atom is 0.228 e. The average Bonchev–Trinajstić information content (AvgIpc) is 2.27. The van der Waals surface area contributed by atoms with Gasteiger partial charge in [0.05, 0.1) is 11.6 Å². The molecule has 14 heavy (non-hydrogen) atoms. The molecule has 0 saturated carbocycles. The van der Waals surface area contributed by atoms with Gasteiger partial charge in [-0.2, -0.15) is 0 Å². The lowest BCUT2D eigenvalue weighted by atomic mass is 10.1. The third-order valence-electron chi connectivity index (χ3n) is 2.34. The number of aromatic nitrogens is 1. The molecule has 1 atom stereocenters. The first-order valence-electron chi connectivity index (χ1n) is 4.85. The molecule has 76 valence electrons. The molecule has 1 aromatic rings. The second kappa shape index (κ2) is 4.74. The summed E-state index contributed by atoms with van der Waals surface area (Å²) >= 11 is 0. The number of carbonyl (C=O) groups excluding carboxylic acids is 1. The Morgan fingerprint density at radius 2 is 2.29 bits per heavy atom. The summed E-state index contributed by atoms with van der Waals surface area (Å²) in [7, 11) is 1.64. The summed E-state index contributed by atoms with van der Waals surface area (Å²) in [4.78, 5) is 15.6. The van der Waals surface area contributed by atoms with Gasteiger partial charge < -0.3 is 5.32 Å². The minimum absolute atomic E-state index is 0.00162. The van der Waals surface area contributed by atoms with E-state index in [-0.39, 0.29) is 11.8 Å². The van der Waals surface area contributed by atoms with Crippen molar-refractivity contribution in [3.63, 3.8) is 0 Å². The third-order valence-corrected chi connectivity index (χ3v) is 2.34. The molecule has 0 bridgehead atoms. The first-order chi connectivity index (χ1) is 6.69. The summed E-state index contributed by atoms with van der Waals surface area (Å²) in [6, 6.07) is 3.93. The lowest BCUT2D eigenvalue weighted by Crippen LogP contribution is -2.24. The van der Waals surface area contributed by atoms with E-state index in [4.69, 9.17) is 0 Å². The second-order valence-electron chi connectivity index (χ2n) is 3.28. The van der Waals surface area contributed by atoms with Crippen LogP contribution in [0.1, 0.15) is 31.0 Å². The quantitative estimate of drug-likeness (QED) is 0.788. The average molecular weight is 192 g/mol. The van der Waals surface area contributed by atoms with Crippen LogP contribution < -0.4 is 5.32 Å². The van der Waals surface area contributed by atoms with Crippen molar-refractivity contribution in [2.45, 2.75) is 26.2 Å². The Morgan fingerprint density at radius 1 is 1.57 bits per heavy atom. The van der Waals surface area contributed by atoms with E-state index in [1.165, 1.54) is 5.56 Å². The molecule has 0 aliphatic heterocycles. The van der Waals surface area contributed by atoms with Crippen LogP contribution in [0.25, 0.3) is 0 Å². The number of nitrogens with zero attached hydrogens (tertiary/aromatic N) is 1. The molecule has 0 radical (unpaired) electrons. The summed E-state index contributed by atoms with van der Waals surface area (Å²) in [6.07, 6.45) is 2.80. The number of hydrogen-bond acceptors (Lipinski definition) is 2. The van der Waals surface area contributed by atoms with E-state index in [9.17, 15) is 4.79 Å². The summed E-state index contributed by atoms with van der Waals surface area (Å²) in [5.74, 6) is -0.173. The highest BCUT2D eigenvalue weighted by molar-refractivity contribution is 5.82. The molecule has 1 aromatic heterocycles. The Hall–Kier alpha value is -1.38. The van der Waals surface area contributed by atoms with Gasteiger partial charge in [0, 0.05) is 13.2 Å². The van der Waals surface area contributed by atoms with E-state index in [2.05, 4.69) is 17.2 Å². The fraction of sp³-hybridized carbons (Fsp3) is 0.455. The van der Waals surface area contributed by atoms with Gasteiger partial charge in [-0.1, -0.05) is 13.0 Å². The third kappa shape index (κ3) is 2.31. The maximum atomic E-state index is 11.3. The molecule has 1 heterocycles. The molecule has 1 unspecified atom stereocenters. The van der Waals surface area contributed by atoms with Gasteiger partial charge in [-0.25, -0.2) is 0 Å².